The zero-order chi connectivity index (χ0) is 15.4. The third-order valence-electron chi connectivity index (χ3n) is 4.26. The van der Waals surface area contributed by atoms with Gasteiger partial charge in [0.1, 0.15) is 0 Å². The second-order valence-corrected chi connectivity index (χ2v) is 5.84. The highest BCUT2D eigenvalue weighted by Gasteiger charge is 2.24. The number of halogens is 1. The number of aryl methyl sites for hydroxylation is 1. The van der Waals surface area contributed by atoms with E-state index in [0.717, 1.165) is 56.2 Å². The molecule has 0 spiro atoms. The number of nitrogens with zero attached hydrogens (tertiary/aromatic N) is 3. The van der Waals surface area contributed by atoms with Crippen LogP contribution in [0.3, 0.4) is 0 Å². The maximum atomic E-state index is 12.7. The van der Waals surface area contributed by atoms with E-state index >= 15 is 0 Å². The number of alkyl halides is 1. The summed E-state index contributed by atoms with van der Waals surface area (Å²) in [5, 5.41) is 5.48. The molecule has 2 heterocycles. The van der Waals surface area contributed by atoms with Gasteiger partial charge in [0.15, 0.2) is 5.69 Å². The zero-order valence-corrected chi connectivity index (χ0v) is 12.8. The van der Waals surface area contributed by atoms with Gasteiger partial charge in [-0.05, 0) is 38.2 Å². The van der Waals surface area contributed by atoms with Crippen molar-refractivity contribution in [1.29, 1.82) is 0 Å². The van der Waals surface area contributed by atoms with E-state index in [4.69, 9.17) is 0 Å². The molecular formula is C17H22FN3O. The van der Waals surface area contributed by atoms with Crippen LogP contribution in [0.5, 0.6) is 0 Å². The number of carbonyl (C=O) groups is 1. The van der Waals surface area contributed by atoms with E-state index in [9.17, 15) is 9.18 Å². The Bertz CT molecular complexity index is 646. The van der Waals surface area contributed by atoms with Gasteiger partial charge in [0, 0.05) is 25.0 Å². The molecule has 3 rings (SSSR count). The first-order chi connectivity index (χ1) is 10.8. The van der Waals surface area contributed by atoms with Crippen LogP contribution in [0.25, 0.3) is 10.9 Å². The van der Waals surface area contributed by atoms with Crippen molar-refractivity contribution in [3.63, 3.8) is 0 Å². The molecule has 0 radical (unpaired) electrons. The monoisotopic (exact) mass is 303 g/mol. The summed E-state index contributed by atoms with van der Waals surface area (Å²) in [6.45, 7) is 2.12. The molecule has 0 saturated carbocycles. The lowest BCUT2D eigenvalue weighted by atomic mass is 10.2. The van der Waals surface area contributed by atoms with Gasteiger partial charge in [-0.25, -0.2) is 0 Å². The first-order valence-electron chi connectivity index (χ1n) is 8.12. The van der Waals surface area contributed by atoms with Crippen molar-refractivity contribution < 1.29 is 9.18 Å². The Hall–Kier alpha value is -1.91. The number of carbonyl (C=O) groups excluding carboxylic acids is 1. The fourth-order valence-electron chi connectivity index (χ4n) is 3.06. The van der Waals surface area contributed by atoms with Crippen LogP contribution < -0.4 is 0 Å². The summed E-state index contributed by atoms with van der Waals surface area (Å²) >= 11 is 0. The number of hydrogen-bond donors (Lipinski definition) is 0. The second-order valence-electron chi connectivity index (χ2n) is 5.84. The number of likely N-dealkylation sites (tertiary alicyclic amines) is 1. The standard InChI is InChI=1S/C17H22FN3O/c18-10-4-1-5-13-21-15-9-3-2-8-14(15)16(19-21)17(22)20-11-6-7-12-20/h2-3,8-9H,1,4-7,10-13H2. The highest BCUT2D eigenvalue weighted by atomic mass is 19.1. The Morgan fingerprint density at radius 2 is 1.91 bits per heavy atom. The average molecular weight is 303 g/mol. The van der Waals surface area contributed by atoms with Gasteiger partial charge in [0.05, 0.1) is 12.2 Å². The first kappa shape index (κ1) is 15.0. The largest absolute Gasteiger partial charge is 0.337 e. The number of benzene rings is 1. The number of para-hydroxylation sites is 1. The van der Waals surface area contributed by atoms with Gasteiger partial charge in [0.25, 0.3) is 5.91 Å². The summed E-state index contributed by atoms with van der Waals surface area (Å²) in [7, 11) is 0. The van der Waals surface area contributed by atoms with E-state index in [2.05, 4.69) is 5.10 Å². The number of amides is 1. The Kier molecular flexibility index (Phi) is 4.71. The zero-order valence-electron chi connectivity index (χ0n) is 12.8. The molecular weight excluding hydrogens is 281 g/mol. The van der Waals surface area contributed by atoms with Crippen LogP contribution in [0.4, 0.5) is 4.39 Å². The maximum absolute atomic E-state index is 12.7. The molecule has 0 aliphatic carbocycles. The first-order valence-corrected chi connectivity index (χ1v) is 8.12. The van der Waals surface area contributed by atoms with Gasteiger partial charge >= 0.3 is 0 Å². The number of hydrogen-bond acceptors (Lipinski definition) is 2. The molecule has 4 nitrogen and oxygen atoms in total. The predicted octanol–water partition coefficient (Wildman–Crippen LogP) is 3.41. The van der Waals surface area contributed by atoms with E-state index in [1.165, 1.54) is 0 Å². The summed E-state index contributed by atoms with van der Waals surface area (Å²) in [5.74, 6) is 0.0382. The van der Waals surface area contributed by atoms with Crippen molar-refractivity contribution in [1.82, 2.24) is 14.7 Å². The minimum atomic E-state index is -0.265. The molecule has 1 saturated heterocycles. The van der Waals surface area contributed by atoms with E-state index in [-0.39, 0.29) is 12.6 Å². The third kappa shape index (κ3) is 2.98. The van der Waals surface area contributed by atoms with Gasteiger partial charge in [-0.3, -0.25) is 13.9 Å². The van der Waals surface area contributed by atoms with Crippen LogP contribution in [0.1, 0.15) is 42.6 Å². The highest BCUT2D eigenvalue weighted by molar-refractivity contribution is 6.04. The molecule has 1 aromatic carbocycles. The van der Waals surface area contributed by atoms with Crippen molar-refractivity contribution >= 4 is 16.8 Å². The van der Waals surface area contributed by atoms with Crippen molar-refractivity contribution in [3.05, 3.63) is 30.0 Å². The fourth-order valence-corrected chi connectivity index (χ4v) is 3.06. The third-order valence-corrected chi connectivity index (χ3v) is 4.26. The molecule has 0 unspecified atom stereocenters. The molecule has 1 amide bonds. The van der Waals surface area contributed by atoms with Gasteiger partial charge in [-0.1, -0.05) is 18.2 Å². The maximum Gasteiger partial charge on any atom is 0.275 e. The van der Waals surface area contributed by atoms with Crippen molar-refractivity contribution in [2.75, 3.05) is 19.8 Å². The lowest BCUT2D eigenvalue weighted by Crippen LogP contribution is -2.28. The van der Waals surface area contributed by atoms with Crippen LogP contribution in [-0.2, 0) is 6.54 Å². The molecule has 1 fully saturated rings. The van der Waals surface area contributed by atoms with Crippen molar-refractivity contribution in [2.45, 2.75) is 38.6 Å². The number of aromatic nitrogens is 2. The SMILES string of the molecule is O=C(c1nn(CCCCCF)c2ccccc12)N1CCCC1. The Morgan fingerprint density at radius 3 is 2.68 bits per heavy atom. The summed E-state index contributed by atoms with van der Waals surface area (Å²) < 4.78 is 14.1. The summed E-state index contributed by atoms with van der Waals surface area (Å²) in [4.78, 5) is 14.5. The van der Waals surface area contributed by atoms with E-state index in [1.54, 1.807) is 0 Å². The average Bonchev–Trinajstić information content (AvgIpc) is 3.19. The van der Waals surface area contributed by atoms with Crippen LogP contribution >= 0.6 is 0 Å². The number of rotatable bonds is 6. The summed E-state index contributed by atoms with van der Waals surface area (Å²) in [5.41, 5.74) is 1.55. The van der Waals surface area contributed by atoms with Crippen LogP contribution in [0.15, 0.2) is 24.3 Å². The molecule has 1 aliphatic rings. The van der Waals surface area contributed by atoms with Crippen LogP contribution in [0, 0.1) is 0 Å². The van der Waals surface area contributed by atoms with E-state index in [0.29, 0.717) is 12.1 Å². The van der Waals surface area contributed by atoms with Crippen LogP contribution in [0.2, 0.25) is 0 Å². The molecule has 2 aromatic rings. The highest BCUT2D eigenvalue weighted by Crippen LogP contribution is 2.22. The quantitative estimate of drug-likeness (QED) is 0.767. The van der Waals surface area contributed by atoms with Gasteiger partial charge in [-0.2, -0.15) is 5.10 Å². The molecule has 1 aromatic heterocycles. The molecule has 0 atom stereocenters. The second kappa shape index (κ2) is 6.90. The molecule has 0 bridgehead atoms. The van der Waals surface area contributed by atoms with Gasteiger partial charge in [-0.15, -0.1) is 0 Å². The summed E-state index contributed by atoms with van der Waals surface area (Å²) in [6, 6.07) is 7.87. The molecule has 22 heavy (non-hydrogen) atoms. The van der Waals surface area contributed by atoms with E-state index in [1.807, 2.05) is 33.8 Å². The van der Waals surface area contributed by atoms with Crippen LogP contribution in [-0.4, -0.2) is 40.4 Å². The van der Waals surface area contributed by atoms with Crippen molar-refractivity contribution in [3.8, 4) is 0 Å². The van der Waals surface area contributed by atoms with Crippen molar-refractivity contribution in [2.24, 2.45) is 0 Å². The number of fused-ring (bicyclic) bond motifs is 1. The summed E-state index contributed by atoms with van der Waals surface area (Å²) in [6.07, 6.45) is 4.48. The lowest BCUT2D eigenvalue weighted by molar-refractivity contribution is 0.0788. The van der Waals surface area contributed by atoms with Gasteiger partial charge < -0.3 is 4.90 Å². The Balaban J connectivity index is 1.85. The predicted molar refractivity (Wildman–Crippen MR) is 84.7 cm³/mol. The molecule has 0 N–H and O–H groups in total. The lowest BCUT2D eigenvalue weighted by Gasteiger charge is -2.13. The Labute approximate surface area is 129 Å². The normalized spacial score (nSPS) is 14.9. The fraction of sp³-hybridized carbons (Fsp3) is 0.529. The topological polar surface area (TPSA) is 38.1 Å². The smallest absolute Gasteiger partial charge is 0.275 e. The molecule has 1 aliphatic heterocycles. The van der Waals surface area contributed by atoms with Gasteiger partial charge in [0.2, 0.25) is 0 Å². The number of unbranched alkanes of at least 4 members (excludes halogenated alkanes) is 2. The minimum Gasteiger partial charge on any atom is -0.337 e. The minimum absolute atomic E-state index is 0.0382. The Morgan fingerprint density at radius 1 is 1.14 bits per heavy atom. The van der Waals surface area contributed by atoms with E-state index < -0.39 is 0 Å². The molecule has 5 heteroatoms. The molecule has 118 valence electrons.